The van der Waals surface area contributed by atoms with E-state index in [2.05, 4.69) is 10.3 Å². The van der Waals surface area contributed by atoms with E-state index in [1.54, 1.807) is 25.3 Å². The Balaban J connectivity index is 1.77. The zero-order chi connectivity index (χ0) is 18.0. The number of hydrogen-bond acceptors (Lipinski definition) is 6. The van der Waals surface area contributed by atoms with Crippen LogP contribution in [0.15, 0.2) is 48.1 Å². The normalized spacial score (nSPS) is 19.6. The zero-order valence-corrected chi connectivity index (χ0v) is 14.7. The first-order valence-electron chi connectivity index (χ1n) is 7.68. The van der Waals surface area contributed by atoms with Crippen LogP contribution in [0.25, 0.3) is 0 Å². The van der Waals surface area contributed by atoms with Gasteiger partial charge < -0.3 is 15.8 Å². The molecule has 1 atom stereocenters. The van der Waals surface area contributed by atoms with E-state index in [4.69, 9.17) is 10.5 Å². The number of carbonyl (C=O) groups excluding carboxylic acids is 1. The van der Waals surface area contributed by atoms with Gasteiger partial charge in [0.05, 0.1) is 5.60 Å². The molecule has 1 aromatic carbocycles. The summed E-state index contributed by atoms with van der Waals surface area (Å²) in [7, 11) is 1.64. The molecule has 1 heterocycles. The van der Waals surface area contributed by atoms with Crippen LogP contribution >= 0.6 is 11.3 Å². The molecule has 0 spiro atoms. The molecule has 130 valence electrons. The van der Waals surface area contributed by atoms with E-state index in [1.807, 2.05) is 19.1 Å². The van der Waals surface area contributed by atoms with Gasteiger partial charge in [-0.2, -0.15) is 0 Å². The van der Waals surface area contributed by atoms with Crippen molar-refractivity contribution in [3.8, 4) is 0 Å². The summed E-state index contributed by atoms with van der Waals surface area (Å²) in [6, 6.07) is 5.87. The van der Waals surface area contributed by atoms with E-state index in [-0.39, 0.29) is 17.4 Å². The number of nitrogens with zero attached hydrogens (tertiary/aromatic N) is 1. The molecule has 3 rings (SSSR count). The van der Waals surface area contributed by atoms with E-state index in [1.165, 1.54) is 23.5 Å². The molecule has 0 amide bonds. The lowest BCUT2D eigenvalue weighted by molar-refractivity contribution is 0.0501. The second kappa shape index (κ2) is 6.78. The van der Waals surface area contributed by atoms with Crippen molar-refractivity contribution in [3.63, 3.8) is 0 Å². The summed E-state index contributed by atoms with van der Waals surface area (Å²) < 4.78 is 18.4. The van der Waals surface area contributed by atoms with Crippen LogP contribution in [-0.2, 0) is 4.74 Å². The fourth-order valence-electron chi connectivity index (χ4n) is 2.37. The molecule has 0 bridgehead atoms. The maximum atomic E-state index is 13.0. The number of thiazole rings is 1. The van der Waals surface area contributed by atoms with Gasteiger partial charge in [0.15, 0.2) is 5.13 Å². The van der Waals surface area contributed by atoms with Crippen LogP contribution in [0, 0.1) is 5.82 Å². The average Bonchev–Trinajstić information content (AvgIpc) is 2.97. The topological polar surface area (TPSA) is 77.2 Å². The van der Waals surface area contributed by atoms with Gasteiger partial charge in [0.2, 0.25) is 5.78 Å². The van der Waals surface area contributed by atoms with Crippen LogP contribution in [-0.4, -0.2) is 23.5 Å². The first-order valence-corrected chi connectivity index (χ1v) is 8.50. The van der Waals surface area contributed by atoms with Crippen LogP contribution in [0.2, 0.25) is 0 Å². The van der Waals surface area contributed by atoms with Crippen molar-refractivity contribution in [2.45, 2.75) is 18.9 Å². The van der Waals surface area contributed by atoms with Crippen molar-refractivity contribution in [3.05, 3.63) is 58.8 Å². The van der Waals surface area contributed by atoms with Gasteiger partial charge in [0.1, 0.15) is 16.5 Å². The summed E-state index contributed by atoms with van der Waals surface area (Å²) in [5.74, 6) is -0.315. The highest BCUT2D eigenvalue weighted by molar-refractivity contribution is 7.18. The summed E-state index contributed by atoms with van der Waals surface area (Å²) >= 11 is 1.17. The highest BCUT2D eigenvalue weighted by Crippen LogP contribution is 2.32. The largest absolute Gasteiger partial charge is 0.382 e. The number of ketones is 1. The molecule has 1 unspecified atom stereocenters. The lowest BCUT2D eigenvalue weighted by Crippen LogP contribution is -2.26. The van der Waals surface area contributed by atoms with Gasteiger partial charge >= 0.3 is 0 Å². The number of nitrogen functional groups attached to an aromatic ring is 1. The number of methoxy groups -OCH3 is 1. The van der Waals surface area contributed by atoms with Gasteiger partial charge in [-0.1, -0.05) is 29.6 Å². The van der Waals surface area contributed by atoms with Crippen molar-refractivity contribution in [2.24, 2.45) is 0 Å². The number of rotatable bonds is 5. The number of halogens is 1. The van der Waals surface area contributed by atoms with Crippen molar-refractivity contribution in [1.82, 2.24) is 4.98 Å². The number of benzene rings is 1. The molecular formula is C18H18FN3O2S. The Bertz CT molecular complexity index is 858. The summed E-state index contributed by atoms with van der Waals surface area (Å²) in [5.41, 5.74) is 6.75. The van der Waals surface area contributed by atoms with Crippen LogP contribution < -0.4 is 11.1 Å². The lowest BCUT2D eigenvalue weighted by atomic mass is 9.92. The van der Waals surface area contributed by atoms with Crippen molar-refractivity contribution >= 4 is 33.8 Å². The minimum Gasteiger partial charge on any atom is -0.382 e. The highest BCUT2D eigenvalue weighted by Gasteiger charge is 2.26. The van der Waals surface area contributed by atoms with Gasteiger partial charge in [0.25, 0.3) is 0 Å². The second-order valence-electron chi connectivity index (χ2n) is 5.91. The monoisotopic (exact) mass is 359 g/mol. The number of carbonyl (C=O) groups is 1. The minimum absolute atomic E-state index is 0.170. The van der Waals surface area contributed by atoms with Crippen LogP contribution in [0.5, 0.6) is 0 Å². The average molecular weight is 359 g/mol. The van der Waals surface area contributed by atoms with Crippen LogP contribution in [0.1, 0.15) is 23.0 Å². The Morgan fingerprint density at radius 1 is 1.40 bits per heavy atom. The maximum Gasteiger partial charge on any atom is 0.206 e. The second-order valence-corrected chi connectivity index (χ2v) is 6.91. The molecule has 1 aliphatic rings. The van der Waals surface area contributed by atoms with E-state index in [0.717, 1.165) is 0 Å². The van der Waals surface area contributed by atoms with Gasteiger partial charge in [0, 0.05) is 18.4 Å². The molecule has 1 aliphatic carbocycles. The van der Waals surface area contributed by atoms with E-state index >= 15 is 0 Å². The van der Waals surface area contributed by atoms with E-state index in [9.17, 15) is 9.18 Å². The molecule has 25 heavy (non-hydrogen) atoms. The number of anilines is 3. The third-order valence-electron chi connectivity index (χ3n) is 4.03. The quantitative estimate of drug-likeness (QED) is 0.787. The van der Waals surface area contributed by atoms with Crippen LogP contribution in [0.4, 0.5) is 21.0 Å². The number of allylic oxidation sites excluding steroid dienone is 2. The van der Waals surface area contributed by atoms with Gasteiger partial charge in [-0.05, 0) is 37.6 Å². The number of aromatic nitrogens is 1. The molecule has 0 radical (unpaired) electrons. The Morgan fingerprint density at radius 3 is 2.72 bits per heavy atom. The Labute approximate surface area is 149 Å². The van der Waals surface area contributed by atoms with Gasteiger partial charge in [-0.15, -0.1) is 0 Å². The Hall–Kier alpha value is -2.51. The molecular weight excluding hydrogens is 341 g/mol. The summed E-state index contributed by atoms with van der Waals surface area (Å²) in [4.78, 5) is 17.2. The molecule has 7 heteroatoms. The number of nitrogens with two attached hydrogens (primary N) is 1. The molecule has 2 aromatic rings. The van der Waals surface area contributed by atoms with Crippen LogP contribution in [0.3, 0.4) is 0 Å². The molecule has 1 aromatic heterocycles. The predicted molar refractivity (Wildman–Crippen MR) is 97.8 cm³/mol. The third-order valence-corrected chi connectivity index (χ3v) is 5.01. The maximum absolute atomic E-state index is 13.0. The molecule has 0 saturated carbocycles. The highest BCUT2D eigenvalue weighted by atomic mass is 32.1. The molecule has 0 saturated heterocycles. The van der Waals surface area contributed by atoms with Crippen molar-refractivity contribution in [1.29, 1.82) is 0 Å². The Kier molecular flexibility index (Phi) is 4.69. The smallest absolute Gasteiger partial charge is 0.206 e. The lowest BCUT2D eigenvalue weighted by Gasteiger charge is -2.25. The SMILES string of the molecule is COC1(C)C=CC(C(=O)c2sc(Nc3ccc(F)cc3)nc2N)=CC1. The summed E-state index contributed by atoms with van der Waals surface area (Å²) in [5, 5.41) is 3.50. The zero-order valence-electron chi connectivity index (χ0n) is 13.9. The molecule has 5 nitrogen and oxygen atoms in total. The third kappa shape index (κ3) is 3.78. The van der Waals surface area contributed by atoms with E-state index in [0.29, 0.717) is 27.7 Å². The van der Waals surface area contributed by atoms with E-state index < -0.39 is 5.60 Å². The predicted octanol–water partition coefficient (Wildman–Crippen LogP) is 4.08. The van der Waals surface area contributed by atoms with Crippen molar-refractivity contribution in [2.75, 3.05) is 18.2 Å². The standard InChI is InChI=1S/C18H18FN3O2S/c1-18(24-2)9-7-11(8-10-18)14(23)15-16(20)22-17(25-15)21-13-5-3-12(19)4-6-13/h3-9H,10,20H2,1-2H3,(H,21,22). The van der Waals surface area contributed by atoms with Gasteiger partial charge in [-0.3, -0.25) is 4.79 Å². The molecule has 0 aliphatic heterocycles. The number of Topliss-reactive ketones (excluding diaryl/α,β-unsaturated/α-hetero) is 1. The summed E-state index contributed by atoms with van der Waals surface area (Å²) in [6.07, 6.45) is 6.08. The first-order chi connectivity index (χ1) is 11.9. The summed E-state index contributed by atoms with van der Waals surface area (Å²) in [6.45, 7) is 1.95. The fourth-order valence-corrected chi connectivity index (χ4v) is 3.24. The number of hydrogen-bond donors (Lipinski definition) is 2. The molecule has 3 N–H and O–H groups in total. The Morgan fingerprint density at radius 2 is 2.12 bits per heavy atom. The first kappa shape index (κ1) is 17.3. The fraction of sp³-hybridized carbons (Fsp3) is 0.222. The molecule has 0 fully saturated rings. The minimum atomic E-state index is -0.391. The number of nitrogens with one attached hydrogen (secondary N) is 1. The van der Waals surface area contributed by atoms with Crippen molar-refractivity contribution < 1.29 is 13.9 Å². The van der Waals surface area contributed by atoms with Gasteiger partial charge in [-0.25, -0.2) is 9.37 Å². The number of ether oxygens (including phenoxy) is 1.